The maximum atomic E-state index is 5.39. The van der Waals surface area contributed by atoms with E-state index in [-0.39, 0.29) is 0 Å². The molecule has 1 unspecified atom stereocenters. The van der Waals surface area contributed by atoms with Crippen LogP contribution in [-0.4, -0.2) is 23.5 Å². The summed E-state index contributed by atoms with van der Waals surface area (Å²) in [6.07, 6.45) is 6.98. The lowest BCUT2D eigenvalue weighted by atomic mass is 9.87. The predicted octanol–water partition coefficient (Wildman–Crippen LogP) is 2.74. The molecule has 1 aliphatic carbocycles. The summed E-state index contributed by atoms with van der Waals surface area (Å²) in [6.45, 7) is 2.29. The van der Waals surface area contributed by atoms with E-state index < -0.39 is 9.28 Å². The van der Waals surface area contributed by atoms with Gasteiger partial charge in [0.15, 0.2) is 0 Å². The van der Waals surface area contributed by atoms with Crippen molar-refractivity contribution in [2.45, 2.75) is 44.6 Å². The molecule has 0 saturated heterocycles. The lowest BCUT2D eigenvalue weighted by Gasteiger charge is -2.29. The Balaban J connectivity index is 2.38. The lowest BCUT2D eigenvalue weighted by molar-refractivity contribution is 0.236. The van der Waals surface area contributed by atoms with Gasteiger partial charge in [-0.25, -0.2) is 0 Å². The van der Waals surface area contributed by atoms with Crippen molar-refractivity contribution in [3.05, 3.63) is 0 Å². The normalized spacial score (nSPS) is 22.2. The Morgan fingerprint density at radius 1 is 1.08 bits per heavy atom. The van der Waals surface area contributed by atoms with Gasteiger partial charge in [0.25, 0.3) is 0 Å². The van der Waals surface area contributed by atoms with E-state index in [0.29, 0.717) is 5.54 Å². The second-order valence-corrected chi connectivity index (χ2v) is 6.28. The second kappa shape index (κ2) is 5.78. The van der Waals surface area contributed by atoms with Crippen molar-refractivity contribution in [1.29, 1.82) is 0 Å². The van der Waals surface area contributed by atoms with Gasteiger partial charge in [-0.15, -0.1) is 0 Å². The van der Waals surface area contributed by atoms with Crippen molar-refractivity contribution in [3.63, 3.8) is 0 Å². The van der Waals surface area contributed by atoms with Crippen LogP contribution in [0, 0.1) is 5.92 Å². The van der Waals surface area contributed by atoms with Crippen molar-refractivity contribution in [3.8, 4) is 0 Å². The Bertz CT molecular complexity index is 131. The molecule has 0 amide bonds. The van der Waals surface area contributed by atoms with E-state index in [1.165, 1.54) is 32.1 Å². The van der Waals surface area contributed by atoms with Gasteiger partial charge in [-0.1, -0.05) is 39.0 Å². The van der Waals surface area contributed by atoms with Gasteiger partial charge >= 0.3 is 9.28 Å². The summed E-state index contributed by atoms with van der Waals surface area (Å²) in [7, 11) is 2.55. The molecule has 0 heterocycles. The van der Waals surface area contributed by atoms with Gasteiger partial charge in [0, 0.05) is 19.8 Å². The summed E-state index contributed by atoms with van der Waals surface area (Å²) < 4.78 is 10.8. The monoisotopic (exact) mass is 201 g/mol. The van der Waals surface area contributed by atoms with E-state index in [4.69, 9.17) is 8.85 Å². The quantitative estimate of drug-likeness (QED) is 0.651. The Kier molecular flexibility index (Phi) is 4.99. The van der Waals surface area contributed by atoms with Crippen LogP contribution >= 0.6 is 0 Å². The summed E-state index contributed by atoms with van der Waals surface area (Å²) >= 11 is 0. The predicted molar refractivity (Wildman–Crippen MR) is 55.8 cm³/mol. The SMILES string of the molecule is CO[Si](OC)C(C)C1CCCCC1. The minimum absolute atomic E-state index is 0.639. The van der Waals surface area contributed by atoms with Gasteiger partial charge in [0.1, 0.15) is 0 Å². The Hall–Kier alpha value is 0.137. The largest absolute Gasteiger partial charge is 0.397 e. The highest BCUT2D eigenvalue weighted by Crippen LogP contribution is 2.34. The van der Waals surface area contributed by atoms with Crippen molar-refractivity contribution >= 4 is 9.28 Å². The Morgan fingerprint density at radius 3 is 2.08 bits per heavy atom. The fourth-order valence-electron chi connectivity index (χ4n) is 2.28. The summed E-state index contributed by atoms with van der Waals surface area (Å²) in [4.78, 5) is 0. The molecular formula is C10H21O2Si. The standard InChI is InChI=1S/C10H21O2Si/c1-9(13(11-2)12-3)10-7-5-4-6-8-10/h9-10H,4-8H2,1-3H3. The van der Waals surface area contributed by atoms with Crippen LogP contribution in [0.5, 0.6) is 0 Å². The minimum Gasteiger partial charge on any atom is -0.397 e. The third kappa shape index (κ3) is 3.08. The third-order valence-electron chi connectivity index (χ3n) is 3.13. The molecule has 1 radical (unpaired) electrons. The summed E-state index contributed by atoms with van der Waals surface area (Å²) in [5.74, 6) is 0.850. The van der Waals surface area contributed by atoms with Crippen LogP contribution in [0.4, 0.5) is 0 Å². The van der Waals surface area contributed by atoms with Crippen LogP contribution in [0.2, 0.25) is 5.54 Å². The molecule has 1 fully saturated rings. The second-order valence-electron chi connectivity index (χ2n) is 3.91. The first-order chi connectivity index (χ1) is 6.29. The topological polar surface area (TPSA) is 18.5 Å². The van der Waals surface area contributed by atoms with Crippen LogP contribution in [0.15, 0.2) is 0 Å². The molecule has 0 N–H and O–H groups in total. The highest BCUT2D eigenvalue weighted by atomic mass is 28.3. The zero-order valence-corrected chi connectivity index (χ0v) is 10.0. The molecule has 0 bridgehead atoms. The van der Waals surface area contributed by atoms with E-state index in [0.717, 1.165) is 5.92 Å². The maximum absolute atomic E-state index is 5.39. The highest BCUT2D eigenvalue weighted by Gasteiger charge is 2.30. The average Bonchev–Trinajstić information content (AvgIpc) is 2.21. The molecule has 0 aromatic heterocycles. The number of rotatable bonds is 4. The van der Waals surface area contributed by atoms with Crippen LogP contribution in [0.25, 0.3) is 0 Å². The maximum Gasteiger partial charge on any atom is 0.387 e. The Morgan fingerprint density at radius 2 is 1.62 bits per heavy atom. The zero-order valence-electron chi connectivity index (χ0n) is 9.01. The summed E-state index contributed by atoms with van der Waals surface area (Å²) in [6, 6.07) is 0. The smallest absolute Gasteiger partial charge is 0.387 e. The van der Waals surface area contributed by atoms with E-state index in [2.05, 4.69) is 6.92 Å². The average molecular weight is 201 g/mol. The molecule has 3 heteroatoms. The molecule has 13 heavy (non-hydrogen) atoms. The third-order valence-corrected chi connectivity index (χ3v) is 5.15. The molecule has 0 aromatic rings. The van der Waals surface area contributed by atoms with Gasteiger partial charge < -0.3 is 8.85 Å². The van der Waals surface area contributed by atoms with E-state index in [1.54, 1.807) is 14.2 Å². The van der Waals surface area contributed by atoms with Gasteiger partial charge in [-0.2, -0.15) is 0 Å². The molecule has 0 aromatic carbocycles. The molecule has 0 aliphatic heterocycles. The van der Waals surface area contributed by atoms with Gasteiger partial charge in [0.2, 0.25) is 0 Å². The molecule has 2 nitrogen and oxygen atoms in total. The molecular weight excluding hydrogens is 180 g/mol. The van der Waals surface area contributed by atoms with Gasteiger partial charge in [0.05, 0.1) is 0 Å². The van der Waals surface area contributed by atoms with Crippen molar-refractivity contribution in [2.24, 2.45) is 5.92 Å². The molecule has 1 aliphatic rings. The highest BCUT2D eigenvalue weighted by molar-refractivity contribution is 6.46. The molecule has 0 spiro atoms. The Labute approximate surface area is 83.5 Å². The number of hydrogen-bond acceptors (Lipinski definition) is 2. The zero-order chi connectivity index (χ0) is 9.68. The number of hydrogen-bond donors (Lipinski definition) is 0. The first-order valence-electron chi connectivity index (χ1n) is 5.24. The van der Waals surface area contributed by atoms with Crippen LogP contribution in [0.3, 0.4) is 0 Å². The molecule has 1 saturated carbocycles. The molecule has 77 valence electrons. The molecule has 1 atom stereocenters. The van der Waals surface area contributed by atoms with Gasteiger partial charge in [-0.05, 0) is 5.92 Å². The van der Waals surface area contributed by atoms with Crippen molar-refractivity contribution in [1.82, 2.24) is 0 Å². The van der Waals surface area contributed by atoms with E-state index in [9.17, 15) is 0 Å². The first-order valence-corrected chi connectivity index (χ1v) is 6.63. The van der Waals surface area contributed by atoms with E-state index in [1.807, 2.05) is 0 Å². The summed E-state index contributed by atoms with van der Waals surface area (Å²) in [5.41, 5.74) is 0.639. The van der Waals surface area contributed by atoms with E-state index >= 15 is 0 Å². The lowest BCUT2D eigenvalue weighted by Crippen LogP contribution is -2.30. The van der Waals surface area contributed by atoms with Crippen molar-refractivity contribution in [2.75, 3.05) is 14.2 Å². The van der Waals surface area contributed by atoms with Crippen LogP contribution in [0.1, 0.15) is 39.0 Å². The van der Waals surface area contributed by atoms with Crippen LogP contribution < -0.4 is 0 Å². The summed E-state index contributed by atoms with van der Waals surface area (Å²) in [5, 5.41) is 0. The molecule has 1 rings (SSSR count). The van der Waals surface area contributed by atoms with Gasteiger partial charge in [-0.3, -0.25) is 0 Å². The minimum atomic E-state index is -1.000. The fraction of sp³-hybridized carbons (Fsp3) is 1.00. The van der Waals surface area contributed by atoms with Crippen LogP contribution in [-0.2, 0) is 8.85 Å². The fourth-order valence-corrected chi connectivity index (χ4v) is 3.91. The van der Waals surface area contributed by atoms with Crippen molar-refractivity contribution < 1.29 is 8.85 Å². The first kappa shape index (κ1) is 11.2.